The summed E-state index contributed by atoms with van der Waals surface area (Å²) in [6.07, 6.45) is 4.72. The lowest BCUT2D eigenvalue weighted by molar-refractivity contribution is -0.274. The zero-order valence-electron chi connectivity index (χ0n) is 28.4. The molecule has 252 valence electrons. The van der Waals surface area contributed by atoms with Gasteiger partial charge in [0.2, 0.25) is 0 Å². The fourth-order valence-corrected chi connectivity index (χ4v) is 11.0. The molecule has 0 radical (unpaired) electrons. The van der Waals surface area contributed by atoms with E-state index < -0.39 is 46.1 Å². The molecule has 1 spiro atoms. The van der Waals surface area contributed by atoms with Crippen molar-refractivity contribution in [2.75, 3.05) is 13.1 Å². The lowest BCUT2D eigenvalue weighted by Gasteiger charge is -2.67. The Bertz CT molecular complexity index is 1860. The number of carbonyl (C=O) groups excluding carboxylic acids is 2. The number of benzene rings is 2. The van der Waals surface area contributed by atoms with Gasteiger partial charge in [-0.2, -0.15) is 0 Å². The minimum Gasteiger partial charge on any atom is -0.443 e. The Labute approximate surface area is 281 Å². The highest BCUT2D eigenvalue weighted by atomic mass is 16.8. The normalized spacial score (nSPS) is 38.2. The molecule has 1 unspecified atom stereocenters. The van der Waals surface area contributed by atoms with Gasteiger partial charge in [-0.25, -0.2) is 4.79 Å². The molecule has 3 aliphatic carbocycles. The number of H-pyrrole nitrogens is 1. The first-order chi connectivity index (χ1) is 22.9. The van der Waals surface area contributed by atoms with Crippen LogP contribution in [0.4, 0.5) is 4.79 Å². The monoisotopic (exact) mass is 650 g/mol. The number of aromatic nitrogens is 1. The van der Waals surface area contributed by atoms with Gasteiger partial charge in [-0.05, 0) is 87.5 Å². The second kappa shape index (κ2) is 10.1. The number of carbonyl (C=O) groups is 2. The first-order valence-electron chi connectivity index (χ1n) is 17.9. The number of rotatable bonds is 3. The number of piperidine rings is 1. The Kier molecular flexibility index (Phi) is 6.40. The van der Waals surface area contributed by atoms with Crippen LogP contribution in [0.15, 0.2) is 66.2 Å². The Morgan fingerprint density at radius 1 is 1.02 bits per heavy atom. The predicted molar refractivity (Wildman–Crippen MR) is 180 cm³/mol. The number of hydrogen-bond donors (Lipinski definition) is 2. The van der Waals surface area contributed by atoms with Crippen molar-refractivity contribution in [3.05, 3.63) is 83.1 Å². The molecule has 3 aromatic rings. The largest absolute Gasteiger partial charge is 0.443 e. The van der Waals surface area contributed by atoms with Crippen LogP contribution in [0.3, 0.4) is 0 Å². The summed E-state index contributed by atoms with van der Waals surface area (Å²) in [4.78, 5) is 33.4. The average molecular weight is 651 g/mol. The number of nitrogens with one attached hydrogen (secondary N) is 1. The Balaban J connectivity index is 1.08. The van der Waals surface area contributed by atoms with Crippen LogP contribution in [0.2, 0.25) is 0 Å². The molecule has 2 saturated carbocycles. The second-order valence-corrected chi connectivity index (χ2v) is 16.4. The van der Waals surface area contributed by atoms with Crippen LogP contribution in [0.1, 0.15) is 76.6 Å². The summed E-state index contributed by atoms with van der Waals surface area (Å²) >= 11 is 0. The minimum atomic E-state index is -1.71. The summed E-state index contributed by atoms with van der Waals surface area (Å²) in [5.41, 5.74) is 1.37. The highest BCUT2D eigenvalue weighted by Gasteiger charge is 2.78. The summed E-state index contributed by atoms with van der Waals surface area (Å²) in [7, 11) is 0. The highest BCUT2D eigenvalue weighted by Crippen LogP contribution is 2.72. The number of aromatic amines is 1. The fraction of sp³-hybridized carbons (Fsp3) is 0.550. The molecule has 48 heavy (non-hydrogen) atoms. The fourth-order valence-electron chi connectivity index (χ4n) is 11.0. The van der Waals surface area contributed by atoms with E-state index in [0.29, 0.717) is 43.8 Å². The third-order valence-corrected chi connectivity index (χ3v) is 13.7. The number of ketones is 1. The number of nitrogens with zero attached hydrogens (tertiary/aromatic N) is 1. The van der Waals surface area contributed by atoms with E-state index in [4.69, 9.17) is 14.2 Å². The van der Waals surface area contributed by atoms with Crippen molar-refractivity contribution in [3.63, 3.8) is 0 Å². The minimum absolute atomic E-state index is 0.117. The van der Waals surface area contributed by atoms with E-state index in [1.54, 1.807) is 11.0 Å². The molecule has 3 aliphatic heterocycles. The summed E-state index contributed by atoms with van der Waals surface area (Å²) in [6.45, 7) is 9.40. The van der Waals surface area contributed by atoms with Gasteiger partial charge >= 0.3 is 6.09 Å². The Morgan fingerprint density at radius 3 is 2.52 bits per heavy atom. The SMILES string of the molecule is CC1(C)OC23CC[C@]4(C)[C@@]5(C)c6[nH]c7ccccc7c6C[C@@H]5C[C@H](OC(=O)N5CCC(Cc6ccccc6)CC5)[C@@]4(O)C2=CC(=O)[C@@H]1O3. The van der Waals surface area contributed by atoms with Crippen LogP contribution >= 0.6 is 0 Å². The maximum Gasteiger partial charge on any atom is 0.410 e. The van der Waals surface area contributed by atoms with E-state index in [9.17, 15) is 14.7 Å². The third kappa shape index (κ3) is 3.88. The van der Waals surface area contributed by atoms with E-state index >= 15 is 0 Å². The molecule has 2 N–H and O–H groups in total. The molecule has 2 aromatic carbocycles. The number of hydrogen-bond acceptors (Lipinski definition) is 6. The van der Waals surface area contributed by atoms with Crippen molar-refractivity contribution < 1.29 is 28.9 Å². The first-order valence-corrected chi connectivity index (χ1v) is 17.9. The molecular formula is C40H46N2O6. The first kappa shape index (κ1) is 30.6. The third-order valence-electron chi connectivity index (χ3n) is 13.7. The molecular weight excluding hydrogens is 604 g/mol. The van der Waals surface area contributed by atoms with Crippen LogP contribution in [0.5, 0.6) is 0 Å². The molecule has 9 rings (SSSR count). The van der Waals surface area contributed by atoms with Crippen LogP contribution in [0, 0.1) is 17.3 Å². The van der Waals surface area contributed by atoms with Gasteiger partial charge in [0.1, 0.15) is 17.3 Å². The van der Waals surface area contributed by atoms with Crippen molar-refractivity contribution in [3.8, 4) is 0 Å². The van der Waals surface area contributed by atoms with Crippen molar-refractivity contribution in [2.24, 2.45) is 17.3 Å². The van der Waals surface area contributed by atoms with Gasteiger partial charge in [-0.3, -0.25) is 4.79 Å². The lowest BCUT2D eigenvalue weighted by atomic mass is 9.41. The number of ether oxygens (including phenoxy) is 3. The van der Waals surface area contributed by atoms with Gasteiger partial charge in [-0.15, -0.1) is 0 Å². The van der Waals surface area contributed by atoms with Crippen LogP contribution < -0.4 is 0 Å². The molecule has 2 saturated heterocycles. The van der Waals surface area contributed by atoms with Gasteiger partial charge < -0.3 is 29.2 Å². The van der Waals surface area contributed by atoms with Crippen molar-refractivity contribution >= 4 is 22.8 Å². The number of para-hydroxylation sites is 1. The Morgan fingerprint density at radius 2 is 1.75 bits per heavy atom. The quantitative estimate of drug-likeness (QED) is 0.341. The van der Waals surface area contributed by atoms with E-state index in [-0.39, 0.29) is 11.7 Å². The van der Waals surface area contributed by atoms with Crippen molar-refractivity contribution in [2.45, 2.75) is 107 Å². The zero-order chi connectivity index (χ0) is 33.3. The molecule has 1 aromatic heterocycles. The number of aliphatic hydroxyl groups is 1. The average Bonchev–Trinajstić information content (AvgIpc) is 3.66. The van der Waals surface area contributed by atoms with E-state index in [0.717, 1.165) is 36.9 Å². The molecule has 7 atom stereocenters. The molecule has 8 heteroatoms. The number of amides is 1. The topological polar surface area (TPSA) is 101 Å². The van der Waals surface area contributed by atoms with Gasteiger partial charge in [0.15, 0.2) is 17.7 Å². The number of likely N-dealkylation sites (tertiary alicyclic amines) is 1. The van der Waals surface area contributed by atoms with Gasteiger partial charge in [-0.1, -0.05) is 62.4 Å². The summed E-state index contributed by atoms with van der Waals surface area (Å²) in [5, 5.41) is 14.8. The summed E-state index contributed by atoms with van der Waals surface area (Å²) in [5.74, 6) is -0.837. The Hall–Kier alpha value is -3.46. The van der Waals surface area contributed by atoms with Crippen molar-refractivity contribution in [1.82, 2.24) is 9.88 Å². The summed E-state index contributed by atoms with van der Waals surface area (Å²) < 4.78 is 19.7. The molecule has 2 bridgehead atoms. The molecule has 1 amide bonds. The zero-order valence-corrected chi connectivity index (χ0v) is 28.4. The summed E-state index contributed by atoms with van der Waals surface area (Å²) in [6, 6.07) is 18.9. The van der Waals surface area contributed by atoms with Gasteiger partial charge in [0.05, 0.1) is 0 Å². The van der Waals surface area contributed by atoms with E-state index in [1.807, 2.05) is 26.0 Å². The van der Waals surface area contributed by atoms with Crippen LogP contribution in [-0.4, -0.2) is 69.2 Å². The molecule has 4 fully saturated rings. The van der Waals surface area contributed by atoms with E-state index in [2.05, 4.69) is 61.3 Å². The number of fused-ring (bicyclic) bond motifs is 9. The maximum absolute atomic E-state index is 14.1. The van der Waals surface area contributed by atoms with Crippen LogP contribution in [-0.2, 0) is 37.3 Å². The maximum atomic E-state index is 14.1. The second-order valence-electron chi connectivity index (χ2n) is 16.4. The molecule has 8 nitrogen and oxygen atoms in total. The highest BCUT2D eigenvalue weighted by molar-refractivity contribution is 5.97. The standard InChI is InChI=1S/C40H46N2O6/c1-36(2)34-30(43)23-31-39(47-34,48-36)17-16-37(3)38(4)26(21-28-27-12-8-9-13-29(27)41-33(28)38)22-32(40(31,37)45)46-35(44)42-18-14-25(15-19-42)20-24-10-6-5-7-11-24/h5-13,23,25-26,32,34,41,45H,14-22H2,1-4H3/t26-,32+,34+,37-,38-,39?,40+/m1/s1. The van der Waals surface area contributed by atoms with Gasteiger partial charge in [0.25, 0.3) is 0 Å². The lowest BCUT2D eigenvalue weighted by Crippen LogP contribution is -2.75. The smallest absolute Gasteiger partial charge is 0.410 e. The van der Waals surface area contributed by atoms with Crippen molar-refractivity contribution in [1.29, 1.82) is 0 Å². The van der Waals surface area contributed by atoms with Gasteiger partial charge in [0, 0.05) is 52.5 Å². The predicted octanol–water partition coefficient (Wildman–Crippen LogP) is 6.39. The van der Waals surface area contributed by atoms with E-state index in [1.165, 1.54) is 16.5 Å². The van der Waals surface area contributed by atoms with Crippen LogP contribution in [0.25, 0.3) is 10.9 Å². The molecule has 4 heterocycles. The molecule has 6 aliphatic rings.